The van der Waals surface area contributed by atoms with E-state index in [0.29, 0.717) is 6.54 Å². The maximum atomic E-state index is 11.5. The van der Waals surface area contributed by atoms with Crippen molar-refractivity contribution in [3.05, 3.63) is 17.5 Å². The fourth-order valence-electron chi connectivity index (χ4n) is 1.16. The summed E-state index contributed by atoms with van der Waals surface area (Å²) in [7, 11) is 0. The summed E-state index contributed by atoms with van der Waals surface area (Å²) >= 11 is 0. The van der Waals surface area contributed by atoms with E-state index >= 15 is 0 Å². The van der Waals surface area contributed by atoms with Crippen LogP contribution in [0.2, 0.25) is 0 Å². The quantitative estimate of drug-likeness (QED) is 0.669. The van der Waals surface area contributed by atoms with Crippen molar-refractivity contribution in [2.75, 3.05) is 0 Å². The fourth-order valence-corrected chi connectivity index (χ4v) is 1.16. The number of aromatic amines is 1. The Kier molecular flexibility index (Phi) is 3.85. The van der Waals surface area contributed by atoms with Crippen LogP contribution in [0.25, 0.3) is 0 Å². The van der Waals surface area contributed by atoms with E-state index in [4.69, 9.17) is 5.73 Å². The molecular formula is C10H18N4O. The molecule has 1 heterocycles. The van der Waals surface area contributed by atoms with Gasteiger partial charge in [-0.05, 0) is 12.8 Å². The van der Waals surface area contributed by atoms with Crippen molar-refractivity contribution < 1.29 is 4.79 Å². The lowest BCUT2D eigenvalue weighted by atomic mass is 10.1. The maximum Gasteiger partial charge on any atom is 0.237 e. The second kappa shape index (κ2) is 4.93. The van der Waals surface area contributed by atoms with E-state index in [2.05, 4.69) is 15.5 Å². The fraction of sp³-hybridized carbons (Fsp3) is 0.600. The molecule has 0 saturated carbocycles. The third-order valence-electron chi connectivity index (χ3n) is 2.41. The molecule has 5 nitrogen and oxygen atoms in total. The predicted molar refractivity (Wildman–Crippen MR) is 58.0 cm³/mol. The highest BCUT2D eigenvalue weighted by atomic mass is 16.2. The van der Waals surface area contributed by atoms with Gasteiger partial charge in [-0.3, -0.25) is 9.89 Å². The summed E-state index contributed by atoms with van der Waals surface area (Å²) in [5, 5.41) is 9.47. The number of nitrogens with two attached hydrogens (primary N) is 1. The van der Waals surface area contributed by atoms with Gasteiger partial charge in [-0.15, -0.1) is 0 Å². The van der Waals surface area contributed by atoms with Gasteiger partial charge in [-0.2, -0.15) is 5.10 Å². The Bertz CT molecular complexity index is 332. The van der Waals surface area contributed by atoms with E-state index in [-0.39, 0.29) is 11.8 Å². The first-order valence-corrected chi connectivity index (χ1v) is 5.04. The molecule has 15 heavy (non-hydrogen) atoms. The molecule has 5 heteroatoms. The Labute approximate surface area is 89.4 Å². The summed E-state index contributed by atoms with van der Waals surface area (Å²) in [6, 6.07) is -0.447. The summed E-state index contributed by atoms with van der Waals surface area (Å²) in [6.07, 6.45) is 1.70. The van der Waals surface area contributed by atoms with Crippen LogP contribution >= 0.6 is 0 Å². The molecule has 1 aromatic heterocycles. The molecule has 0 fully saturated rings. The lowest BCUT2D eigenvalue weighted by Gasteiger charge is -2.14. The minimum atomic E-state index is -0.447. The van der Waals surface area contributed by atoms with Crippen LogP contribution in [0.3, 0.4) is 0 Å². The van der Waals surface area contributed by atoms with Crippen LogP contribution in [-0.2, 0) is 11.3 Å². The number of nitrogens with one attached hydrogen (secondary N) is 2. The lowest BCUT2D eigenvalue weighted by molar-refractivity contribution is -0.123. The topological polar surface area (TPSA) is 83.8 Å². The second-order valence-corrected chi connectivity index (χ2v) is 4.01. The van der Waals surface area contributed by atoms with E-state index in [0.717, 1.165) is 11.3 Å². The Morgan fingerprint density at radius 2 is 2.33 bits per heavy atom. The highest BCUT2D eigenvalue weighted by molar-refractivity contribution is 5.81. The molecule has 84 valence electrons. The summed E-state index contributed by atoms with van der Waals surface area (Å²) < 4.78 is 0. The molecule has 4 N–H and O–H groups in total. The Hall–Kier alpha value is -1.36. The zero-order valence-electron chi connectivity index (χ0n) is 9.37. The average Bonchev–Trinajstić information content (AvgIpc) is 2.59. The number of carbonyl (C=O) groups excluding carboxylic acids is 1. The maximum absolute atomic E-state index is 11.5. The van der Waals surface area contributed by atoms with Crippen molar-refractivity contribution in [1.29, 1.82) is 0 Å². The summed E-state index contributed by atoms with van der Waals surface area (Å²) in [5.74, 6) is 0.0287. The van der Waals surface area contributed by atoms with Gasteiger partial charge in [0.15, 0.2) is 0 Å². The van der Waals surface area contributed by atoms with Gasteiger partial charge < -0.3 is 11.1 Å². The van der Waals surface area contributed by atoms with Crippen LogP contribution in [0, 0.1) is 12.8 Å². The standard InChI is InChI=1S/C10H18N4O/c1-6(2)9(11)10(15)12-4-8-5-13-14-7(8)3/h5-6,9H,4,11H2,1-3H3,(H,12,15)(H,13,14)/t9-/m0/s1. The van der Waals surface area contributed by atoms with Gasteiger partial charge in [-0.1, -0.05) is 13.8 Å². The number of aromatic nitrogens is 2. The molecule has 0 bridgehead atoms. The molecule has 1 atom stereocenters. The van der Waals surface area contributed by atoms with Crippen molar-refractivity contribution in [2.24, 2.45) is 11.7 Å². The molecule has 0 aliphatic rings. The van der Waals surface area contributed by atoms with Gasteiger partial charge in [0.1, 0.15) is 0 Å². The normalized spacial score (nSPS) is 12.9. The Morgan fingerprint density at radius 1 is 1.67 bits per heavy atom. The van der Waals surface area contributed by atoms with Crippen LogP contribution < -0.4 is 11.1 Å². The smallest absolute Gasteiger partial charge is 0.237 e. The Morgan fingerprint density at radius 3 is 2.80 bits per heavy atom. The van der Waals surface area contributed by atoms with Crippen LogP contribution in [0.1, 0.15) is 25.1 Å². The van der Waals surface area contributed by atoms with E-state index < -0.39 is 6.04 Å². The minimum absolute atomic E-state index is 0.120. The van der Waals surface area contributed by atoms with Gasteiger partial charge in [0.25, 0.3) is 0 Å². The van der Waals surface area contributed by atoms with Crippen molar-refractivity contribution in [3.8, 4) is 0 Å². The zero-order valence-corrected chi connectivity index (χ0v) is 9.37. The zero-order chi connectivity index (χ0) is 11.4. The highest BCUT2D eigenvalue weighted by Gasteiger charge is 2.16. The van der Waals surface area contributed by atoms with Gasteiger partial charge in [0, 0.05) is 17.8 Å². The van der Waals surface area contributed by atoms with Gasteiger partial charge in [0.05, 0.1) is 12.2 Å². The van der Waals surface area contributed by atoms with E-state index in [1.54, 1.807) is 6.20 Å². The number of rotatable bonds is 4. The average molecular weight is 210 g/mol. The summed E-state index contributed by atoms with van der Waals surface area (Å²) in [4.78, 5) is 11.5. The van der Waals surface area contributed by atoms with E-state index in [1.165, 1.54) is 0 Å². The van der Waals surface area contributed by atoms with Gasteiger partial charge in [0.2, 0.25) is 5.91 Å². The lowest BCUT2D eigenvalue weighted by Crippen LogP contribution is -2.43. The summed E-state index contributed by atoms with van der Waals surface area (Å²) in [6.45, 7) is 6.24. The number of hydrogen-bond acceptors (Lipinski definition) is 3. The van der Waals surface area contributed by atoms with Crippen LogP contribution in [0.4, 0.5) is 0 Å². The summed E-state index contributed by atoms with van der Waals surface area (Å²) in [5.41, 5.74) is 7.65. The van der Waals surface area contributed by atoms with Crippen LogP contribution in [0.5, 0.6) is 0 Å². The molecule has 0 saturated heterocycles. The number of carbonyl (C=O) groups is 1. The monoisotopic (exact) mass is 210 g/mol. The highest BCUT2D eigenvalue weighted by Crippen LogP contribution is 2.03. The molecule has 1 amide bonds. The first kappa shape index (κ1) is 11.7. The third kappa shape index (κ3) is 3.06. The molecule has 0 radical (unpaired) electrons. The predicted octanol–water partition coefficient (Wildman–Crippen LogP) is 0.318. The van der Waals surface area contributed by atoms with Crippen molar-refractivity contribution >= 4 is 5.91 Å². The molecule has 0 unspecified atom stereocenters. The molecule has 0 spiro atoms. The van der Waals surface area contributed by atoms with Crippen LogP contribution in [-0.4, -0.2) is 22.1 Å². The van der Waals surface area contributed by atoms with Crippen LogP contribution in [0.15, 0.2) is 6.20 Å². The number of nitrogens with zero attached hydrogens (tertiary/aromatic N) is 1. The van der Waals surface area contributed by atoms with Crippen molar-refractivity contribution in [1.82, 2.24) is 15.5 Å². The molecule has 1 aromatic rings. The molecule has 1 rings (SSSR count). The number of amides is 1. The van der Waals surface area contributed by atoms with Crippen molar-refractivity contribution in [3.63, 3.8) is 0 Å². The Balaban J connectivity index is 2.44. The van der Waals surface area contributed by atoms with E-state index in [1.807, 2.05) is 20.8 Å². The third-order valence-corrected chi connectivity index (χ3v) is 2.41. The SMILES string of the molecule is Cc1[nH]ncc1CNC(=O)[C@@H](N)C(C)C. The number of H-pyrrole nitrogens is 1. The van der Waals surface area contributed by atoms with E-state index in [9.17, 15) is 4.79 Å². The largest absolute Gasteiger partial charge is 0.351 e. The number of aryl methyl sites for hydroxylation is 1. The molecule has 0 aliphatic carbocycles. The van der Waals surface area contributed by atoms with Gasteiger partial charge >= 0.3 is 0 Å². The first-order chi connectivity index (χ1) is 7.02. The first-order valence-electron chi connectivity index (χ1n) is 5.04. The molecule has 0 aromatic carbocycles. The minimum Gasteiger partial charge on any atom is -0.351 e. The van der Waals surface area contributed by atoms with Crippen molar-refractivity contribution in [2.45, 2.75) is 33.4 Å². The number of hydrogen-bond donors (Lipinski definition) is 3. The molecular weight excluding hydrogens is 192 g/mol. The molecule has 0 aliphatic heterocycles. The second-order valence-electron chi connectivity index (χ2n) is 4.01. The van der Waals surface area contributed by atoms with Gasteiger partial charge in [-0.25, -0.2) is 0 Å².